The normalized spacial score (nSPS) is 8.25. The van der Waals surface area contributed by atoms with E-state index >= 15 is 0 Å². The van der Waals surface area contributed by atoms with Crippen LogP contribution in [0.4, 0.5) is 11.4 Å². The van der Waals surface area contributed by atoms with Gasteiger partial charge in [0.2, 0.25) is 0 Å². The third-order valence-corrected chi connectivity index (χ3v) is 1.29. The van der Waals surface area contributed by atoms with Crippen molar-refractivity contribution >= 4 is 11.4 Å². The van der Waals surface area contributed by atoms with Crippen LogP contribution < -0.4 is 4.89 Å². The van der Waals surface area contributed by atoms with Gasteiger partial charge in [-0.05, 0) is 12.1 Å². The van der Waals surface area contributed by atoms with E-state index in [9.17, 15) is 0 Å². The molecule has 0 fully saturated rings. The zero-order valence-electron chi connectivity index (χ0n) is 5.98. The number of hydrogen-bond donors (Lipinski definition) is 1. The van der Waals surface area contributed by atoms with Crippen LogP contribution in [0.3, 0.4) is 0 Å². The van der Waals surface area contributed by atoms with Crippen molar-refractivity contribution in [2.24, 2.45) is 0 Å². The molecule has 12 heavy (non-hydrogen) atoms. The fraction of sp³-hybridized carbons (Fsp3) is 0. The third kappa shape index (κ3) is 1.34. The predicted molar refractivity (Wildman–Crippen MR) is 42.2 cm³/mol. The van der Waals surface area contributed by atoms with E-state index in [1.807, 2.05) is 0 Å². The van der Waals surface area contributed by atoms with Crippen LogP contribution in [0, 0.1) is 13.1 Å². The van der Waals surface area contributed by atoms with E-state index in [1.54, 1.807) is 0 Å². The molecule has 1 N–H and O–H groups in total. The zero-order chi connectivity index (χ0) is 8.97. The summed E-state index contributed by atoms with van der Waals surface area (Å²) in [6.45, 7) is 13.4. The Kier molecular flexibility index (Phi) is 2.27. The highest BCUT2D eigenvalue weighted by molar-refractivity contribution is 5.72. The van der Waals surface area contributed by atoms with Gasteiger partial charge < -0.3 is 4.89 Å². The summed E-state index contributed by atoms with van der Waals surface area (Å²) in [5.41, 5.74) is 0.433. The molecule has 0 atom stereocenters. The van der Waals surface area contributed by atoms with Crippen LogP contribution in [0.2, 0.25) is 0 Å². The van der Waals surface area contributed by atoms with Gasteiger partial charge in [-0.3, -0.25) is 4.85 Å². The van der Waals surface area contributed by atoms with Crippen LogP contribution >= 0.6 is 0 Å². The molecule has 0 amide bonds. The topological polar surface area (TPSA) is 38.2 Å². The molecule has 0 aliphatic rings. The molecule has 1 aromatic rings. The Morgan fingerprint density at radius 2 is 1.83 bits per heavy atom. The van der Waals surface area contributed by atoms with Crippen molar-refractivity contribution in [3.63, 3.8) is 0 Å². The van der Waals surface area contributed by atoms with E-state index in [4.69, 9.17) is 18.4 Å². The molecule has 4 nitrogen and oxygen atoms in total. The second kappa shape index (κ2) is 3.38. The highest BCUT2D eigenvalue weighted by Crippen LogP contribution is 2.31. The fourth-order valence-corrected chi connectivity index (χ4v) is 0.744. The van der Waals surface area contributed by atoms with Gasteiger partial charge in [0.05, 0.1) is 13.1 Å². The van der Waals surface area contributed by atoms with E-state index < -0.39 is 0 Å². The third-order valence-electron chi connectivity index (χ3n) is 1.29. The quantitative estimate of drug-likeness (QED) is 0.389. The first-order valence-electron chi connectivity index (χ1n) is 3.02. The lowest BCUT2D eigenvalue weighted by Crippen LogP contribution is -1.81. The van der Waals surface area contributed by atoms with E-state index in [-0.39, 0.29) is 17.1 Å². The maximum Gasteiger partial charge on any atom is 0.198 e. The monoisotopic (exact) mass is 160 g/mol. The van der Waals surface area contributed by atoms with Crippen LogP contribution in [0.1, 0.15) is 0 Å². The average Bonchev–Trinajstić information content (AvgIpc) is 2.16. The van der Waals surface area contributed by atoms with Crippen LogP contribution in [0.5, 0.6) is 5.75 Å². The maximum absolute atomic E-state index is 8.24. The SMILES string of the molecule is [C-]#[N+]c1ccc(OO)cc1[N+]#[C-]. The number of nitrogens with zero attached hydrogens (tertiary/aromatic N) is 2. The smallest absolute Gasteiger partial charge is 0.198 e. The molecule has 0 saturated heterocycles. The minimum atomic E-state index is 0.161. The summed E-state index contributed by atoms with van der Waals surface area (Å²) in [5.74, 6) is 0.161. The van der Waals surface area contributed by atoms with Gasteiger partial charge in [0, 0.05) is 0 Å². The van der Waals surface area contributed by atoms with Gasteiger partial charge in [-0.15, -0.1) is 0 Å². The van der Waals surface area contributed by atoms with E-state index in [1.165, 1.54) is 18.2 Å². The molecule has 1 rings (SSSR count). The molecule has 0 unspecified atom stereocenters. The summed E-state index contributed by atoms with van der Waals surface area (Å²) < 4.78 is 0. The number of benzene rings is 1. The summed E-state index contributed by atoms with van der Waals surface area (Å²) >= 11 is 0. The van der Waals surface area contributed by atoms with Gasteiger partial charge >= 0.3 is 0 Å². The van der Waals surface area contributed by atoms with E-state index in [2.05, 4.69) is 14.6 Å². The van der Waals surface area contributed by atoms with Gasteiger partial charge in [-0.2, -0.15) is 0 Å². The molecule has 0 saturated carbocycles. The minimum Gasteiger partial charge on any atom is -0.342 e. The molecular formula is C8H4N2O2. The fourth-order valence-electron chi connectivity index (χ4n) is 0.744. The summed E-state index contributed by atoms with van der Waals surface area (Å²) in [4.78, 5) is 10.1. The lowest BCUT2D eigenvalue weighted by atomic mass is 10.2. The van der Waals surface area contributed by atoms with Crippen LogP contribution in [-0.2, 0) is 0 Å². The van der Waals surface area contributed by atoms with Crippen LogP contribution in [0.15, 0.2) is 18.2 Å². The van der Waals surface area contributed by atoms with Crippen molar-refractivity contribution in [3.8, 4) is 5.75 Å². The van der Waals surface area contributed by atoms with Crippen molar-refractivity contribution in [2.75, 3.05) is 0 Å². The second-order valence-corrected chi connectivity index (χ2v) is 1.97. The lowest BCUT2D eigenvalue weighted by molar-refractivity contribution is -0.137. The molecule has 0 aliphatic carbocycles. The zero-order valence-corrected chi connectivity index (χ0v) is 5.98. The van der Waals surface area contributed by atoms with Gasteiger partial charge in [0.15, 0.2) is 17.1 Å². The molecule has 1 aromatic carbocycles. The summed E-state index contributed by atoms with van der Waals surface area (Å²) in [5, 5.41) is 8.24. The predicted octanol–water partition coefficient (Wildman–Crippen LogP) is 2.64. The Balaban J connectivity index is 3.25. The Morgan fingerprint density at radius 3 is 2.33 bits per heavy atom. The number of rotatable bonds is 1. The Bertz CT molecular complexity index is 374. The Labute approximate surface area is 69.2 Å². The average molecular weight is 160 g/mol. The van der Waals surface area contributed by atoms with Gasteiger partial charge in [0.25, 0.3) is 0 Å². The summed E-state index contributed by atoms with van der Waals surface area (Å²) in [7, 11) is 0. The van der Waals surface area contributed by atoms with Crippen molar-refractivity contribution in [2.45, 2.75) is 0 Å². The van der Waals surface area contributed by atoms with Crippen molar-refractivity contribution in [1.82, 2.24) is 0 Å². The first-order chi connectivity index (χ1) is 5.81. The van der Waals surface area contributed by atoms with Gasteiger partial charge in [0.1, 0.15) is 0 Å². The maximum atomic E-state index is 8.24. The summed E-state index contributed by atoms with van der Waals surface area (Å²) in [6.07, 6.45) is 0. The van der Waals surface area contributed by atoms with Crippen LogP contribution in [0.25, 0.3) is 9.69 Å². The molecule has 0 aliphatic heterocycles. The van der Waals surface area contributed by atoms with E-state index in [0.717, 1.165) is 0 Å². The largest absolute Gasteiger partial charge is 0.342 e. The molecular weight excluding hydrogens is 156 g/mol. The molecule has 58 valence electrons. The number of hydrogen-bond acceptors (Lipinski definition) is 2. The molecule has 0 aromatic heterocycles. The van der Waals surface area contributed by atoms with Crippen LogP contribution in [-0.4, -0.2) is 5.26 Å². The highest BCUT2D eigenvalue weighted by Gasteiger charge is 2.03. The molecule has 0 heterocycles. The Morgan fingerprint density at radius 1 is 1.17 bits per heavy atom. The lowest BCUT2D eigenvalue weighted by Gasteiger charge is -1.97. The molecule has 4 heteroatoms. The van der Waals surface area contributed by atoms with E-state index in [0.29, 0.717) is 0 Å². The van der Waals surface area contributed by atoms with Gasteiger partial charge in [-0.1, -0.05) is 6.07 Å². The second-order valence-electron chi connectivity index (χ2n) is 1.97. The molecule has 0 bridgehead atoms. The standard InChI is InChI=1S/C8H4N2O2/c1-9-7-4-3-6(12-11)5-8(7)10-2/h3-5,11H. The minimum absolute atomic E-state index is 0.161. The van der Waals surface area contributed by atoms with Crippen molar-refractivity contribution < 1.29 is 10.1 Å². The van der Waals surface area contributed by atoms with Gasteiger partial charge in [-0.25, -0.2) is 10.1 Å². The summed E-state index contributed by atoms with van der Waals surface area (Å²) in [6, 6.07) is 4.15. The first kappa shape index (κ1) is 8.06. The van der Waals surface area contributed by atoms with Crippen molar-refractivity contribution in [1.29, 1.82) is 0 Å². The molecule has 0 spiro atoms. The molecule has 0 radical (unpaired) electrons. The first-order valence-corrected chi connectivity index (χ1v) is 3.02. The van der Waals surface area contributed by atoms with Crippen molar-refractivity contribution in [3.05, 3.63) is 41.0 Å². The highest BCUT2D eigenvalue weighted by atomic mass is 17.1. The Hall–Kier alpha value is -2.04.